The summed E-state index contributed by atoms with van der Waals surface area (Å²) in [4.78, 5) is 21.9. The van der Waals surface area contributed by atoms with E-state index in [-0.39, 0.29) is 5.91 Å². The summed E-state index contributed by atoms with van der Waals surface area (Å²) in [6.07, 6.45) is 5.50. The van der Waals surface area contributed by atoms with Gasteiger partial charge in [0.05, 0.1) is 18.5 Å². The van der Waals surface area contributed by atoms with E-state index in [1.165, 1.54) is 0 Å². The van der Waals surface area contributed by atoms with Crippen LogP contribution in [0.2, 0.25) is 0 Å². The fraction of sp³-hybridized carbons (Fsp3) is 0.0417. The molecule has 6 nitrogen and oxygen atoms in total. The van der Waals surface area contributed by atoms with Crippen LogP contribution in [0.15, 0.2) is 85.3 Å². The summed E-state index contributed by atoms with van der Waals surface area (Å²) in [5.41, 5.74) is 2.81. The number of rotatable bonds is 4. The van der Waals surface area contributed by atoms with Crippen molar-refractivity contribution in [2.75, 3.05) is 12.4 Å². The van der Waals surface area contributed by atoms with Crippen LogP contribution < -0.4 is 10.1 Å². The third-order valence-electron chi connectivity index (χ3n) is 5.01. The van der Waals surface area contributed by atoms with E-state index in [1.54, 1.807) is 13.3 Å². The monoisotopic (exact) mass is 394 g/mol. The van der Waals surface area contributed by atoms with Crippen molar-refractivity contribution < 1.29 is 9.53 Å². The van der Waals surface area contributed by atoms with E-state index in [0.29, 0.717) is 22.8 Å². The van der Waals surface area contributed by atoms with Crippen molar-refractivity contribution in [3.63, 3.8) is 0 Å². The van der Waals surface area contributed by atoms with Crippen LogP contribution >= 0.6 is 0 Å². The number of carbonyl (C=O) groups is 1. The van der Waals surface area contributed by atoms with Gasteiger partial charge >= 0.3 is 0 Å². The van der Waals surface area contributed by atoms with Gasteiger partial charge in [-0.3, -0.25) is 9.20 Å². The van der Waals surface area contributed by atoms with Gasteiger partial charge in [0.1, 0.15) is 5.75 Å². The van der Waals surface area contributed by atoms with E-state index in [0.717, 1.165) is 22.0 Å². The van der Waals surface area contributed by atoms with Crippen molar-refractivity contribution in [2.45, 2.75) is 0 Å². The number of carbonyl (C=O) groups excluding carboxylic acids is 1. The highest BCUT2D eigenvalue weighted by atomic mass is 16.5. The first kappa shape index (κ1) is 17.9. The highest BCUT2D eigenvalue weighted by Gasteiger charge is 2.14. The molecule has 5 rings (SSSR count). The fourth-order valence-electron chi connectivity index (χ4n) is 3.55. The molecule has 0 spiro atoms. The van der Waals surface area contributed by atoms with E-state index >= 15 is 0 Å². The van der Waals surface area contributed by atoms with Crippen LogP contribution in [0.25, 0.3) is 27.8 Å². The number of imidazole rings is 1. The van der Waals surface area contributed by atoms with E-state index in [1.807, 2.05) is 83.5 Å². The standard InChI is InChI=1S/C24H18N4O2/c1-30-22-11-10-17(21-15-28-13-5-12-25-24(28)27-21)14-20(22)26-23(29)19-9-4-7-16-6-2-3-8-18(16)19/h2-15H,1H3,(H,26,29). The number of nitrogens with zero attached hydrogens (tertiary/aromatic N) is 3. The summed E-state index contributed by atoms with van der Waals surface area (Å²) in [5.74, 6) is 0.998. The van der Waals surface area contributed by atoms with E-state index in [2.05, 4.69) is 15.3 Å². The van der Waals surface area contributed by atoms with Gasteiger partial charge in [0.2, 0.25) is 5.78 Å². The summed E-state index contributed by atoms with van der Waals surface area (Å²) in [7, 11) is 1.58. The topological polar surface area (TPSA) is 68.5 Å². The third-order valence-corrected chi connectivity index (χ3v) is 5.01. The molecule has 2 aromatic heterocycles. The second kappa shape index (κ2) is 7.33. The number of hydrogen-bond acceptors (Lipinski definition) is 4. The molecule has 0 atom stereocenters. The molecule has 0 aliphatic carbocycles. The van der Waals surface area contributed by atoms with E-state index < -0.39 is 0 Å². The third kappa shape index (κ3) is 3.14. The second-order valence-corrected chi connectivity index (χ2v) is 6.85. The molecule has 0 unspecified atom stereocenters. The van der Waals surface area contributed by atoms with Gasteiger partial charge in [0.25, 0.3) is 5.91 Å². The maximum atomic E-state index is 13.1. The van der Waals surface area contributed by atoms with Crippen molar-refractivity contribution in [3.05, 3.63) is 90.9 Å². The minimum Gasteiger partial charge on any atom is -0.495 e. The Morgan fingerprint density at radius 2 is 1.90 bits per heavy atom. The lowest BCUT2D eigenvalue weighted by Gasteiger charge is -2.12. The predicted octanol–water partition coefficient (Wildman–Crippen LogP) is 4.81. The summed E-state index contributed by atoms with van der Waals surface area (Å²) < 4.78 is 7.32. The molecule has 0 saturated carbocycles. The zero-order chi connectivity index (χ0) is 20.5. The first-order valence-electron chi connectivity index (χ1n) is 9.50. The quantitative estimate of drug-likeness (QED) is 0.475. The van der Waals surface area contributed by atoms with Crippen molar-refractivity contribution in [3.8, 4) is 17.0 Å². The van der Waals surface area contributed by atoms with Crippen LogP contribution in [-0.2, 0) is 0 Å². The minimum atomic E-state index is -0.195. The Morgan fingerprint density at radius 3 is 2.77 bits per heavy atom. The molecule has 2 heterocycles. The molecule has 0 radical (unpaired) electrons. The molecule has 1 amide bonds. The van der Waals surface area contributed by atoms with Crippen LogP contribution in [-0.4, -0.2) is 27.4 Å². The summed E-state index contributed by atoms with van der Waals surface area (Å²) in [5, 5.41) is 4.92. The van der Waals surface area contributed by atoms with Crippen molar-refractivity contribution in [2.24, 2.45) is 0 Å². The summed E-state index contributed by atoms with van der Waals surface area (Å²) >= 11 is 0. The van der Waals surface area contributed by atoms with Gasteiger partial charge in [-0.2, -0.15) is 0 Å². The average molecular weight is 394 g/mol. The molecular weight excluding hydrogens is 376 g/mol. The smallest absolute Gasteiger partial charge is 0.256 e. The van der Waals surface area contributed by atoms with Gasteiger partial charge < -0.3 is 10.1 Å². The van der Waals surface area contributed by atoms with Crippen LogP contribution in [0.5, 0.6) is 5.75 Å². The van der Waals surface area contributed by atoms with E-state index in [9.17, 15) is 4.79 Å². The number of aromatic nitrogens is 3. The largest absolute Gasteiger partial charge is 0.495 e. The van der Waals surface area contributed by atoms with Gasteiger partial charge in [-0.25, -0.2) is 9.97 Å². The molecule has 0 bridgehead atoms. The Bertz CT molecular complexity index is 1350. The summed E-state index contributed by atoms with van der Waals surface area (Å²) in [6.45, 7) is 0. The van der Waals surface area contributed by atoms with Crippen LogP contribution in [0.3, 0.4) is 0 Å². The molecule has 1 N–H and O–H groups in total. The Kier molecular flexibility index (Phi) is 4.37. The Labute approximate surface area is 172 Å². The molecule has 5 aromatic rings. The maximum Gasteiger partial charge on any atom is 0.256 e. The van der Waals surface area contributed by atoms with Crippen molar-refractivity contribution >= 4 is 28.1 Å². The zero-order valence-corrected chi connectivity index (χ0v) is 16.2. The highest BCUT2D eigenvalue weighted by molar-refractivity contribution is 6.13. The number of anilines is 1. The number of nitrogens with one attached hydrogen (secondary N) is 1. The molecule has 146 valence electrons. The predicted molar refractivity (Wildman–Crippen MR) is 117 cm³/mol. The van der Waals surface area contributed by atoms with Gasteiger partial charge in [-0.05, 0) is 41.1 Å². The Hall–Kier alpha value is -4.19. The number of fused-ring (bicyclic) bond motifs is 2. The van der Waals surface area contributed by atoms with Gasteiger partial charge in [0, 0.05) is 29.7 Å². The maximum absolute atomic E-state index is 13.1. The van der Waals surface area contributed by atoms with Gasteiger partial charge in [-0.1, -0.05) is 36.4 Å². The lowest BCUT2D eigenvalue weighted by Crippen LogP contribution is -2.13. The minimum absolute atomic E-state index is 0.195. The van der Waals surface area contributed by atoms with Gasteiger partial charge in [0.15, 0.2) is 0 Å². The second-order valence-electron chi connectivity index (χ2n) is 6.85. The number of methoxy groups -OCH3 is 1. The van der Waals surface area contributed by atoms with Gasteiger partial charge in [-0.15, -0.1) is 0 Å². The molecule has 30 heavy (non-hydrogen) atoms. The van der Waals surface area contributed by atoms with E-state index in [4.69, 9.17) is 4.74 Å². The summed E-state index contributed by atoms with van der Waals surface area (Å²) in [6, 6.07) is 21.0. The first-order chi connectivity index (χ1) is 14.7. The normalized spacial score (nSPS) is 11.0. The molecular formula is C24H18N4O2. The Balaban J connectivity index is 1.53. The van der Waals surface area contributed by atoms with Crippen molar-refractivity contribution in [1.82, 2.24) is 14.4 Å². The van der Waals surface area contributed by atoms with Crippen LogP contribution in [0.4, 0.5) is 5.69 Å². The number of amides is 1. The zero-order valence-electron chi connectivity index (χ0n) is 16.2. The molecule has 3 aromatic carbocycles. The lowest BCUT2D eigenvalue weighted by atomic mass is 10.0. The SMILES string of the molecule is COc1ccc(-c2cn3cccnc3n2)cc1NC(=O)c1cccc2ccccc12. The number of benzene rings is 3. The number of ether oxygens (including phenoxy) is 1. The molecule has 6 heteroatoms. The number of hydrogen-bond donors (Lipinski definition) is 1. The lowest BCUT2D eigenvalue weighted by molar-refractivity contribution is 0.102. The van der Waals surface area contributed by atoms with Crippen LogP contribution in [0, 0.1) is 0 Å². The van der Waals surface area contributed by atoms with Crippen molar-refractivity contribution in [1.29, 1.82) is 0 Å². The molecule has 0 fully saturated rings. The highest BCUT2D eigenvalue weighted by Crippen LogP contribution is 2.31. The average Bonchev–Trinajstić information content (AvgIpc) is 3.23. The molecule has 0 aliphatic heterocycles. The Morgan fingerprint density at radius 1 is 1.03 bits per heavy atom. The first-order valence-corrected chi connectivity index (χ1v) is 9.50. The molecule has 0 aliphatic rings. The molecule has 0 saturated heterocycles. The fourth-order valence-corrected chi connectivity index (χ4v) is 3.55. The van der Waals surface area contributed by atoms with Crippen LogP contribution in [0.1, 0.15) is 10.4 Å².